The summed E-state index contributed by atoms with van der Waals surface area (Å²) in [4.78, 5) is 12.6. The van der Waals surface area contributed by atoms with Crippen molar-refractivity contribution in [3.63, 3.8) is 0 Å². The standard InChI is InChI=1S/C36H49FN2O3/c1-22(4-15-34(40)42-26-9-6-24(37)7-10-26)29-12-13-30-28-11-5-23-20-27(41-33-14-8-25(38)21-32(33)39)16-18-35(23,2)31(28)17-19-36(29,30)3/h6-10,14,21-23,27-31H,4-5,11-13,15-20,38-39H2,1-3H3/t22-,23?,27?,28+,29-,30+,31+,35+,36-/m1/s1. The summed E-state index contributed by atoms with van der Waals surface area (Å²) in [7, 11) is 0. The van der Waals surface area contributed by atoms with Gasteiger partial charge in [0.25, 0.3) is 0 Å². The Morgan fingerprint density at radius 2 is 1.69 bits per heavy atom. The number of anilines is 2. The molecule has 0 saturated heterocycles. The van der Waals surface area contributed by atoms with Crippen LogP contribution < -0.4 is 20.9 Å². The second kappa shape index (κ2) is 11.4. The van der Waals surface area contributed by atoms with E-state index in [2.05, 4.69) is 20.8 Å². The number of nitrogen functional groups attached to an aromatic ring is 2. The second-order valence-corrected chi connectivity index (χ2v) is 14.6. The molecule has 0 aliphatic heterocycles. The van der Waals surface area contributed by atoms with Crippen molar-refractivity contribution in [3.05, 3.63) is 48.3 Å². The van der Waals surface area contributed by atoms with Gasteiger partial charge in [-0.15, -0.1) is 0 Å². The highest BCUT2D eigenvalue weighted by atomic mass is 19.1. The summed E-state index contributed by atoms with van der Waals surface area (Å²) in [6.07, 6.45) is 12.8. The maximum Gasteiger partial charge on any atom is 0.311 e. The summed E-state index contributed by atoms with van der Waals surface area (Å²) in [5, 5.41) is 0. The lowest BCUT2D eigenvalue weighted by Gasteiger charge is -2.61. The minimum absolute atomic E-state index is 0.221. The van der Waals surface area contributed by atoms with Gasteiger partial charge in [-0.3, -0.25) is 4.79 Å². The molecule has 2 aromatic carbocycles. The molecule has 228 valence electrons. The van der Waals surface area contributed by atoms with Crippen LogP contribution in [0.3, 0.4) is 0 Å². The fourth-order valence-corrected chi connectivity index (χ4v) is 10.4. The van der Waals surface area contributed by atoms with Crippen molar-refractivity contribution < 1.29 is 18.7 Å². The first kappa shape index (κ1) is 29.3. The number of halogens is 1. The van der Waals surface area contributed by atoms with Crippen molar-refractivity contribution in [3.8, 4) is 11.5 Å². The van der Waals surface area contributed by atoms with Crippen LogP contribution in [0.2, 0.25) is 0 Å². The lowest BCUT2D eigenvalue weighted by Crippen LogP contribution is -2.54. The van der Waals surface area contributed by atoms with E-state index in [1.165, 1.54) is 69.2 Å². The van der Waals surface area contributed by atoms with E-state index in [1.807, 2.05) is 12.1 Å². The van der Waals surface area contributed by atoms with Crippen LogP contribution >= 0.6 is 0 Å². The van der Waals surface area contributed by atoms with Crippen LogP contribution in [0.25, 0.3) is 0 Å². The number of benzene rings is 2. The Morgan fingerprint density at radius 1 is 0.952 bits per heavy atom. The molecule has 42 heavy (non-hydrogen) atoms. The Hall–Kier alpha value is -2.76. The molecule has 2 aromatic rings. The molecular weight excluding hydrogens is 527 g/mol. The summed E-state index contributed by atoms with van der Waals surface area (Å²) in [5.41, 5.74) is 14.2. The maximum absolute atomic E-state index is 13.2. The van der Waals surface area contributed by atoms with Gasteiger partial charge < -0.3 is 20.9 Å². The molecule has 0 heterocycles. The SMILES string of the molecule is C[C@H](CCC(=O)Oc1ccc(F)cc1)[C@H]1CC[C@H]2[C@@H]3CCC4CC(Oc5ccc(N)cc5N)CC[C@]4(C)[C@H]3CC[C@]12C. The Labute approximate surface area is 250 Å². The Kier molecular flexibility index (Phi) is 7.95. The molecule has 0 amide bonds. The second-order valence-electron chi connectivity index (χ2n) is 14.6. The maximum atomic E-state index is 13.2. The smallest absolute Gasteiger partial charge is 0.311 e. The monoisotopic (exact) mass is 576 g/mol. The lowest BCUT2D eigenvalue weighted by atomic mass is 9.44. The molecule has 0 bridgehead atoms. The molecule has 4 aliphatic carbocycles. The number of ether oxygens (including phenoxy) is 2. The minimum atomic E-state index is -0.327. The van der Waals surface area contributed by atoms with Crippen molar-refractivity contribution in [1.82, 2.24) is 0 Å². The molecule has 6 rings (SSSR count). The number of fused-ring (bicyclic) bond motifs is 5. The van der Waals surface area contributed by atoms with Crippen LogP contribution in [0.5, 0.6) is 11.5 Å². The van der Waals surface area contributed by atoms with Gasteiger partial charge in [-0.1, -0.05) is 20.8 Å². The predicted octanol–water partition coefficient (Wildman–Crippen LogP) is 8.42. The Bertz CT molecular complexity index is 1280. The Morgan fingerprint density at radius 3 is 2.45 bits per heavy atom. The zero-order valence-electron chi connectivity index (χ0n) is 25.6. The van der Waals surface area contributed by atoms with Gasteiger partial charge in [0.2, 0.25) is 0 Å². The molecule has 4 saturated carbocycles. The van der Waals surface area contributed by atoms with Gasteiger partial charge in [0, 0.05) is 12.1 Å². The molecule has 2 unspecified atom stereocenters. The first-order chi connectivity index (χ1) is 20.1. The van der Waals surface area contributed by atoms with E-state index in [-0.39, 0.29) is 17.9 Å². The highest BCUT2D eigenvalue weighted by Gasteiger charge is 2.60. The number of rotatable bonds is 7. The van der Waals surface area contributed by atoms with E-state index in [0.29, 0.717) is 52.1 Å². The summed E-state index contributed by atoms with van der Waals surface area (Å²) in [6, 6.07) is 11.3. The molecule has 9 atom stereocenters. The average molecular weight is 577 g/mol. The first-order valence-electron chi connectivity index (χ1n) is 16.3. The molecule has 4 fully saturated rings. The van der Waals surface area contributed by atoms with Gasteiger partial charge in [-0.25, -0.2) is 4.39 Å². The van der Waals surface area contributed by atoms with Gasteiger partial charge in [0.15, 0.2) is 0 Å². The third-order valence-electron chi connectivity index (χ3n) is 12.6. The van der Waals surface area contributed by atoms with E-state index in [9.17, 15) is 9.18 Å². The van der Waals surface area contributed by atoms with Crippen LogP contribution in [0.1, 0.15) is 91.4 Å². The third kappa shape index (κ3) is 5.39. The fourth-order valence-electron chi connectivity index (χ4n) is 10.4. The average Bonchev–Trinajstić information content (AvgIpc) is 3.32. The molecule has 0 aromatic heterocycles. The molecular formula is C36H49FN2O3. The quantitative estimate of drug-likeness (QED) is 0.196. The van der Waals surface area contributed by atoms with Gasteiger partial charge in [0.05, 0.1) is 11.8 Å². The highest BCUT2D eigenvalue weighted by molar-refractivity contribution is 5.72. The van der Waals surface area contributed by atoms with Crippen LogP contribution in [-0.2, 0) is 4.79 Å². The zero-order chi connectivity index (χ0) is 29.6. The summed E-state index contributed by atoms with van der Waals surface area (Å²) < 4.78 is 25.1. The van der Waals surface area contributed by atoms with Crippen LogP contribution in [0, 0.1) is 52.2 Å². The minimum Gasteiger partial charge on any atom is -0.488 e. The van der Waals surface area contributed by atoms with Crippen LogP contribution in [0.15, 0.2) is 42.5 Å². The number of hydrogen-bond acceptors (Lipinski definition) is 5. The van der Waals surface area contributed by atoms with Gasteiger partial charge >= 0.3 is 5.97 Å². The summed E-state index contributed by atoms with van der Waals surface area (Å²) in [5.74, 6) is 4.89. The molecule has 5 nitrogen and oxygen atoms in total. The van der Waals surface area contributed by atoms with Crippen LogP contribution in [0.4, 0.5) is 15.8 Å². The van der Waals surface area contributed by atoms with Gasteiger partial charge in [-0.05, 0) is 153 Å². The molecule has 4 N–H and O–H groups in total. The van der Waals surface area contributed by atoms with E-state index in [0.717, 1.165) is 42.8 Å². The normalized spacial score (nSPS) is 36.3. The number of hydrogen-bond donors (Lipinski definition) is 2. The predicted molar refractivity (Wildman–Crippen MR) is 165 cm³/mol. The molecule has 6 heteroatoms. The van der Waals surface area contributed by atoms with Crippen LogP contribution in [-0.4, -0.2) is 12.1 Å². The van der Waals surface area contributed by atoms with Gasteiger partial charge in [0.1, 0.15) is 17.3 Å². The van der Waals surface area contributed by atoms with Crippen molar-refractivity contribution >= 4 is 17.3 Å². The van der Waals surface area contributed by atoms with Crippen molar-refractivity contribution in [2.75, 3.05) is 11.5 Å². The van der Waals surface area contributed by atoms with E-state index < -0.39 is 0 Å². The van der Waals surface area contributed by atoms with Crippen molar-refractivity contribution in [2.24, 2.45) is 46.3 Å². The largest absolute Gasteiger partial charge is 0.488 e. The third-order valence-corrected chi connectivity index (χ3v) is 12.6. The molecule has 4 aliphatic rings. The first-order valence-corrected chi connectivity index (χ1v) is 16.3. The number of esters is 1. The van der Waals surface area contributed by atoms with Gasteiger partial charge in [-0.2, -0.15) is 0 Å². The van der Waals surface area contributed by atoms with E-state index in [4.69, 9.17) is 20.9 Å². The molecule has 0 spiro atoms. The lowest BCUT2D eigenvalue weighted by molar-refractivity contribution is -0.135. The summed E-state index contributed by atoms with van der Waals surface area (Å²) in [6.45, 7) is 7.53. The number of nitrogens with two attached hydrogens (primary N) is 2. The zero-order valence-corrected chi connectivity index (χ0v) is 25.6. The van der Waals surface area contributed by atoms with E-state index in [1.54, 1.807) is 6.07 Å². The van der Waals surface area contributed by atoms with E-state index >= 15 is 0 Å². The topological polar surface area (TPSA) is 87.6 Å². The number of carbonyl (C=O) groups excluding carboxylic acids is 1. The Balaban J connectivity index is 1.06. The molecule has 0 radical (unpaired) electrons. The highest BCUT2D eigenvalue weighted by Crippen LogP contribution is 2.68. The summed E-state index contributed by atoms with van der Waals surface area (Å²) >= 11 is 0. The van der Waals surface area contributed by atoms with Crippen molar-refractivity contribution in [2.45, 2.75) is 97.5 Å². The number of carbonyl (C=O) groups is 1. The van der Waals surface area contributed by atoms with Crippen molar-refractivity contribution in [1.29, 1.82) is 0 Å². The fraction of sp³-hybridized carbons (Fsp3) is 0.639.